The molecule has 3 heterocycles. The van der Waals surface area contributed by atoms with E-state index < -0.39 is 0 Å². The molecule has 1 aromatic heterocycles. The van der Waals surface area contributed by atoms with Gasteiger partial charge in [-0.25, -0.2) is 4.79 Å². The first-order valence-electron chi connectivity index (χ1n) is 8.21. The second kappa shape index (κ2) is 5.43. The van der Waals surface area contributed by atoms with E-state index in [-0.39, 0.29) is 12.1 Å². The van der Waals surface area contributed by atoms with E-state index in [4.69, 9.17) is 4.74 Å². The lowest BCUT2D eigenvalue weighted by Gasteiger charge is -2.23. The molecular formula is C18H22N2O2. The van der Waals surface area contributed by atoms with Gasteiger partial charge in [0.05, 0.1) is 5.56 Å². The number of hydrogen-bond acceptors (Lipinski definition) is 3. The van der Waals surface area contributed by atoms with Crippen LogP contribution in [0.3, 0.4) is 0 Å². The molecule has 2 aliphatic heterocycles. The zero-order chi connectivity index (χ0) is 15.1. The lowest BCUT2D eigenvalue weighted by molar-refractivity contribution is 0.0240. The maximum absolute atomic E-state index is 12.5. The molecule has 2 aromatic rings. The van der Waals surface area contributed by atoms with Crippen molar-refractivity contribution < 1.29 is 9.53 Å². The molecule has 2 saturated heterocycles. The van der Waals surface area contributed by atoms with Crippen molar-refractivity contribution in [3.05, 3.63) is 36.0 Å². The first-order valence-corrected chi connectivity index (χ1v) is 8.21. The SMILES string of the molecule is CN1C2CCC(OC(=O)c3c[nH]c4ccccc34)CC1CC2. The summed E-state index contributed by atoms with van der Waals surface area (Å²) in [6, 6.07) is 9.12. The minimum Gasteiger partial charge on any atom is -0.459 e. The van der Waals surface area contributed by atoms with Crippen LogP contribution >= 0.6 is 0 Å². The van der Waals surface area contributed by atoms with Crippen molar-refractivity contribution in [3.63, 3.8) is 0 Å². The fourth-order valence-corrected chi connectivity index (χ4v) is 4.08. The quantitative estimate of drug-likeness (QED) is 0.865. The van der Waals surface area contributed by atoms with Crippen LogP contribution in [0.4, 0.5) is 0 Å². The number of carbonyl (C=O) groups excluding carboxylic acids is 1. The fourth-order valence-electron chi connectivity index (χ4n) is 4.08. The smallest absolute Gasteiger partial charge is 0.340 e. The Morgan fingerprint density at radius 3 is 2.86 bits per heavy atom. The molecule has 0 spiro atoms. The molecule has 2 fully saturated rings. The first-order chi connectivity index (χ1) is 10.7. The maximum atomic E-state index is 12.5. The summed E-state index contributed by atoms with van der Waals surface area (Å²) in [5, 5.41) is 0.944. The molecule has 2 bridgehead atoms. The summed E-state index contributed by atoms with van der Waals surface area (Å²) in [6.07, 6.45) is 7.45. The normalized spacial score (nSPS) is 28.7. The number of benzene rings is 1. The van der Waals surface area contributed by atoms with E-state index in [1.165, 1.54) is 12.8 Å². The number of esters is 1. The third-order valence-corrected chi connectivity index (χ3v) is 5.42. The highest BCUT2D eigenvalue weighted by atomic mass is 16.5. The third kappa shape index (κ3) is 2.31. The standard InChI is InChI=1S/C18H22N2O2/c1-20-12-6-7-13(20)10-14(9-8-12)22-18(21)16-11-19-17-5-3-2-4-15(16)17/h2-5,11-14,19H,6-10H2,1H3. The number of nitrogens with one attached hydrogen (secondary N) is 1. The number of fused-ring (bicyclic) bond motifs is 3. The molecule has 116 valence electrons. The van der Waals surface area contributed by atoms with Crippen LogP contribution in [-0.2, 0) is 4.74 Å². The van der Waals surface area contributed by atoms with Crippen LogP contribution in [0.1, 0.15) is 42.5 Å². The molecule has 4 nitrogen and oxygen atoms in total. The Kier molecular flexibility index (Phi) is 3.41. The van der Waals surface area contributed by atoms with Crippen LogP contribution in [-0.4, -0.2) is 41.1 Å². The summed E-state index contributed by atoms with van der Waals surface area (Å²) in [5.74, 6) is -0.192. The van der Waals surface area contributed by atoms with Gasteiger partial charge >= 0.3 is 5.97 Å². The summed E-state index contributed by atoms with van der Waals surface area (Å²) in [4.78, 5) is 18.2. The van der Waals surface area contributed by atoms with Crippen LogP contribution < -0.4 is 0 Å². The number of nitrogens with zero attached hydrogens (tertiary/aromatic N) is 1. The predicted molar refractivity (Wildman–Crippen MR) is 85.9 cm³/mol. The van der Waals surface area contributed by atoms with E-state index in [1.54, 1.807) is 6.20 Å². The Hall–Kier alpha value is -1.81. The minimum absolute atomic E-state index is 0.0545. The number of ether oxygens (including phenoxy) is 1. The van der Waals surface area contributed by atoms with Crippen LogP contribution in [0.15, 0.2) is 30.5 Å². The predicted octanol–water partition coefficient (Wildman–Crippen LogP) is 3.34. The van der Waals surface area contributed by atoms with E-state index in [0.717, 1.165) is 30.2 Å². The molecule has 3 atom stereocenters. The first kappa shape index (κ1) is 13.8. The van der Waals surface area contributed by atoms with Crippen molar-refractivity contribution in [1.29, 1.82) is 0 Å². The highest BCUT2D eigenvalue weighted by Crippen LogP contribution is 2.34. The highest BCUT2D eigenvalue weighted by Gasteiger charge is 2.36. The summed E-state index contributed by atoms with van der Waals surface area (Å²) in [5.41, 5.74) is 1.63. The largest absolute Gasteiger partial charge is 0.459 e. The molecule has 4 rings (SSSR count). The Labute approximate surface area is 130 Å². The molecule has 22 heavy (non-hydrogen) atoms. The molecule has 0 aliphatic carbocycles. The number of aromatic amines is 1. The van der Waals surface area contributed by atoms with Gasteiger partial charge in [0.2, 0.25) is 0 Å². The van der Waals surface area contributed by atoms with Crippen LogP contribution in [0.2, 0.25) is 0 Å². The molecule has 1 N–H and O–H groups in total. The molecule has 0 amide bonds. The number of aromatic nitrogens is 1. The average molecular weight is 298 g/mol. The van der Waals surface area contributed by atoms with Gasteiger partial charge in [-0.2, -0.15) is 0 Å². The molecule has 1 aromatic carbocycles. The lowest BCUT2D eigenvalue weighted by atomic mass is 9.98. The summed E-state index contributed by atoms with van der Waals surface area (Å²) >= 11 is 0. The van der Waals surface area contributed by atoms with Crippen molar-refractivity contribution in [2.75, 3.05) is 7.05 Å². The topological polar surface area (TPSA) is 45.3 Å². The molecule has 4 heteroatoms. The van der Waals surface area contributed by atoms with Gasteiger partial charge in [-0.1, -0.05) is 18.2 Å². The number of para-hydroxylation sites is 1. The van der Waals surface area contributed by atoms with E-state index in [9.17, 15) is 4.79 Å². The van der Waals surface area contributed by atoms with E-state index >= 15 is 0 Å². The van der Waals surface area contributed by atoms with Crippen LogP contribution in [0.5, 0.6) is 0 Å². The fraction of sp³-hybridized carbons (Fsp3) is 0.500. The number of carbonyl (C=O) groups is 1. The summed E-state index contributed by atoms with van der Waals surface area (Å²) in [6.45, 7) is 0. The molecular weight excluding hydrogens is 276 g/mol. The number of H-pyrrole nitrogens is 1. The van der Waals surface area contributed by atoms with Gasteiger partial charge in [-0.05, 0) is 45.2 Å². The number of hydrogen-bond donors (Lipinski definition) is 1. The Bertz CT molecular complexity index is 693. The van der Waals surface area contributed by atoms with Gasteiger partial charge < -0.3 is 14.6 Å². The average Bonchev–Trinajstić information content (AvgIpc) is 3.04. The lowest BCUT2D eigenvalue weighted by Crippen LogP contribution is -2.31. The Morgan fingerprint density at radius 2 is 1.95 bits per heavy atom. The zero-order valence-corrected chi connectivity index (χ0v) is 12.9. The Balaban J connectivity index is 1.50. The molecule has 0 radical (unpaired) electrons. The second-order valence-corrected chi connectivity index (χ2v) is 6.64. The van der Waals surface area contributed by atoms with E-state index in [1.807, 2.05) is 24.3 Å². The van der Waals surface area contributed by atoms with Crippen molar-refractivity contribution in [2.24, 2.45) is 0 Å². The number of rotatable bonds is 2. The minimum atomic E-state index is -0.192. The monoisotopic (exact) mass is 298 g/mol. The summed E-state index contributed by atoms with van der Waals surface area (Å²) in [7, 11) is 2.21. The van der Waals surface area contributed by atoms with Gasteiger partial charge in [-0.3, -0.25) is 0 Å². The van der Waals surface area contributed by atoms with Crippen molar-refractivity contribution >= 4 is 16.9 Å². The van der Waals surface area contributed by atoms with Crippen LogP contribution in [0.25, 0.3) is 10.9 Å². The van der Waals surface area contributed by atoms with Gasteiger partial charge in [0.1, 0.15) is 6.10 Å². The maximum Gasteiger partial charge on any atom is 0.340 e. The van der Waals surface area contributed by atoms with Crippen molar-refractivity contribution in [1.82, 2.24) is 9.88 Å². The molecule has 0 saturated carbocycles. The van der Waals surface area contributed by atoms with Crippen molar-refractivity contribution in [3.8, 4) is 0 Å². The third-order valence-electron chi connectivity index (χ3n) is 5.42. The molecule has 2 aliphatic rings. The van der Waals surface area contributed by atoms with Gasteiger partial charge in [0, 0.05) is 29.2 Å². The van der Waals surface area contributed by atoms with Gasteiger partial charge in [0.15, 0.2) is 0 Å². The van der Waals surface area contributed by atoms with Crippen molar-refractivity contribution in [2.45, 2.75) is 50.3 Å². The van der Waals surface area contributed by atoms with Gasteiger partial charge in [0.25, 0.3) is 0 Å². The molecule has 3 unspecified atom stereocenters. The summed E-state index contributed by atoms with van der Waals surface area (Å²) < 4.78 is 5.84. The van der Waals surface area contributed by atoms with E-state index in [0.29, 0.717) is 17.6 Å². The zero-order valence-electron chi connectivity index (χ0n) is 12.9. The van der Waals surface area contributed by atoms with Gasteiger partial charge in [-0.15, -0.1) is 0 Å². The van der Waals surface area contributed by atoms with Crippen LogP contribution in [0, 0.1) is 0 Å². The Morgan fingerprint density at radius 1 is 1.18 bits per heavy atom. The highest BCUT2D eigenvalue weighted by molar-refractivity contribution is 6.04. The second-order valence-electron chi connectivity index (χ2n) is 6.64. The van der Waals surface area contributed by atoms with E-state index in [2.05, 4.69) is 16.9 Å².